The van der Waals surface area contributed by atoms with Crippen LogP contribution < -0.4 is 9.80 Å². The molecular formula is C27H30N8O. The zero-order chi connectivity index (χ0) is 24.7. The number of H-pyrrole nitrogens is 1. The lowest BCUT2D eigenvalue weighted by Gasteiger charge is -2.29. The highest BCUT2D eigenvalue weighted by Gasteiger charge is 2.27. The van der Waals surface area contributed by atoms with Gasteiger partial charge < -0.3 is 14.6 Å². The zero-order valence-corrected chi connectivity index (χ0v) is 20.4. The minimum absolute atomic E-state index is 0.0106. The van der Waals surface area contributed by atoms with Gasteiger partial charge in [-0.15, -0.1) is 0 Å². The van der Waals surface area contributed by atoms with E-state index in [0.717, 1.165) is 18.5 Å². The predicted molar refractivity (Wildman–Crippen MR) is 143 cm³/mol. The van der Waals surface area contributed by atoms with Crippen LogP contribution in [0, 0.1) is 17.3 Å². The molecule has 5 rings (SSSR count). The highest BCUT2D eigenvalue weighted by atomic mass is 16.5. The molecule has 0 bridgehead atoms. The molecule has 9 nitrogen and oxygen atoms in total. The summed E-state index contributed by atoms with van der Waals surface area (Å²) >= 11 is 0. The van der Waals surface area contributed by atoms with Gasteiger partial charge >= 0.3 is 0 Å². The normalized spacial score (nSPS) is 20.8. The molecule has 0 amide bonds. The van der Waals surface area contributed by atoms with Crippen molar-refractivity contribution in [3.05, 3.63) is 59.8 Å². The number of rotatable bonds is 5. The molecular weight excluding hydrogens is 452 g/mol. The Balaban J connectivity index is 1.50. The van der Waals surface area contributed by atoms with E-state index in [2.05, 4.69) is 51.0 Å². The summed E-state index contributed by atoms with van der Waals surface area (Å²) in [7, 11) is 0. The predicted octanol–water partition coefficient (Wildman–Crippen LogP) is 3.70. The smallest absolute Gasteiger partial charge is 0.240 e. The molecule has 2 aliphatic heterocycles. The number of ether oxygens (including phenoxy) is 1. The number of amidine groups is 1. The molecule has 2 unspecified atom stereocenters. The molecule has 0 saturated carbocycles. The molecule has 2 aromatic rings. The molecule has 1 aliphatic carbocycles. The van der Waals surface area contributed by atoms with Crippen LogP contribution in [-0.4, -0.2) is 64.3 Å². The van der Waals surface area contributed by atoms with E-state index < -0.39 is 0 Å². The molecule has 4 heterocycles. The van der Waals surface area contributed by atoms with Crippen molar-refractivity contribution in [1.82, 2.24) is 19.9 Å². The Kier molecular flexibility index (Phi) is 7.33. The fourth-order valence-corrected chi connectivity index (χ4v) is 4.36. The molecule has 0 spiro atoms. The third-order valence-electron chi connectivity index (χ3n) is 6.32. The molecule has 2 N–H and O–H groups in total. The van der Waals surface area contributed by atoms with Gasteiger partial charge in [-0.25, -0.2) is 0 Å². The van der Waals surface area contributed by atoms with Crippen molar-refractivity contribution in [2.75, 3.05) is 36.1 Å². The molecule has 3 aliphatic rings. The second-order valence-electron chi connectivity index (χ2n) is 8.68. The summed E-state index contributed by atoms with van der Waals surface area (Å²) in [5, 5.41) is 8.63. The number of nitrogens with zero attached hydrogens (tertiary/aromatic N) is 6. The van der Waals surface area contributed by atoms with Crippen molar-refractivity contribution >= 4 is 30.0 Å². The van der Waals surface area contributed by atoms with E-state index in [1.165, 1.54) is 5.56 Å². The molecule has 0 aromatic carbocycles. The van der Waals surface area contributed by atoms with Gasteiger partial charge in [0.15, 0.2) is 0 Å². The van der Waals surface area contributed by atoms with Gasteiger partial charge in [0.05, 0.1) is 13.2 Å². The van der Waals surface area contributed by atoms with Crippen LogP contribution in [0.1, 0.15) is 49.2 Å². The number of aromatic nitrogens is 4. The summed E-state index contributed by atoms with van der Waals surface area (Å²) in [4.78, 5) is 26.1. The number of hydrogen-bond acceptors (Lipinski definition) is 7. The number of fused-ring (bicyclic) bond motifs is 1. The van der Waals surface area contributed by atoms with Crippen LogP contribution in [-0.2, 0) is 4.74 Å². The maximum Gasteiger partial charge on any atom is 0.240 e. The van der Waals surface area contributed by atoms with Crippen LogP contribution in [0.4, 0.5) is 11.9 Å². The molecule has 184 valence electrons. The van der Waals surface area contributed by atoms with E-state index in [-0.39, 0.29) is 12.0 Å². The first-order valence-corrected chi connectivity index (χ1v) is 12.4. The lowest BCUT2D eigenvalue weighted by Crippen LogP contribution is -2.38. The number of anilines is 2. The van der Waals surface area contributed by atoms with Crippen molar-refractivity contribution in [2.45, 2.75) is 38.1 Å². The first kappa shape index (κ1) is 23.7. The topological polar surface area (TPSA) is 106 Å². The SMILES string of the molecule is CCC(=N)N(/C=C/C#CC1CC=CC=N1)c1nc(C2CC=Cc3[nH]ccc32)nc(N2CCOCC2)n1. The minimum Gasteiger partial charge on any atom is -0.378 e. The van der Waals surface area contributed by atoms with E-state index >= 15 is 0 Å². The maximum absolute atomic E-state index is 8.63. The summed E-state index contributed by atoms with van der Waals surface area (Å²) in [6.45, 7) is 4.64. The number of aliphatic imine (C=N–C) groups is 1. The molecule has 1 saturated heterocycles. The Morgan fingerprint density at radius 3 is 2.94 bits per heavy atom. The highest BCUT2D eigenvalue weighted by Crippen LogP contribution is 2.34. The summed E-state index contributed by atoms with van der Waals surface area (Å²) in [5.41, 5.74) is 2.25. The first-order chi connectivity index (χ1) is 17.7. The van der Waals surface area contributed by atoms with E-state index in [4.69, 9.17) is 25.1 Å². The van der Waals surface area contributed by atoms with Gasteiger partial charge in [0.2, 0.25) is 11.9 Å². The lowest BCUT2D eigenvalue weighted by atomic mass is 9.91. The minimum atomic E-state index is -0.0367. The van der Waals surface area contributed by atoms with Gasteiger partial charge in [0.25, 0.3) is 0 Å². The third kappa shape index (κ3) is 5.29. The number of aromatic amines is 1. The van der Waals surface area contributed by atoms with Crippen molar-refractivity contribution < 1.29 is 4.74 Å². The first-order valence-electron chi connectivity index (χ1n) is 12.4. The van der Waals surface area contributed by atoms with Crippen LogP contribution in [0.15, 0.2) is 47.8 Å². The van der Waals surface area contributed by atoms with Crippen molar-refractivity contribution in [3.8, 4) is 11.8 Å². The standard InChI is InChI=1S/C27H30N8O/c1-2-24(28)35(15-6-4-9-20-8-3-5-13-29-20)27-32-25(22-10-7-11-23-21(22)12-14-30-23)31-26(33-27)34-16-18-36-19-17-34/h3,5-7,11-15,20,22,28,30H,2,8,10,16-19H2,1H3/b15-6+,28-24?. The van der Waals surface area contributed by atoms with Gasteiger partial charge in [0.1, 0.15) is 17.7 Å². The van der Waals surface area contributed by atoms with Crippen LogP contribution in [0.5, 0.6) is 0 Å². The summed E-state index contributed by atoms with van der Waals surface area (Å²) in [5.74, 6) is 8.35. The molecule has 9 heteroatoms. The Morgan fingerprint density at radius 1 is 1.25 bits per heavy atom. The Labute approximate surface area is 211 Å². The highest BCUT2D eigenvalue weighted by molar-refractivity contribution is 5.95. The fraction of sp³-hybridized carbons (Fsp3) is 0.370. The van der Waals surface area contributed by atoms with Crippen LogP contribution >= 0.6 is 0 Å². The van der Waals surface area contributed by atoms with Crippen molar-refractivity contribution in [3.63, 3.8) is 0 Å². The van der Waals surface area contributed by atoms with E-state index in [1.807, 2.05) is 19.2 Å². The Morgan fingerprint density at radius 2 is 2.14 bits per heavy atom. The molecule has 0 radical (unpaired) electrons. The van der Waals surface area contributed by atoms with Crippen LogP contribution in [0.25, 0.3) is 6.08 Å². The number of morpholine rings is 1. The average Bonchev–Trinajstić information content (AvgIpc) is 3.43. The largest absolute Gasteiger partial charge is 0.378 e. The molecule has 1 fully saturated rings. The van der Waals surface area contributed by atoms with Gasteiger partial charge in [-0.1, -0.05) is 30.9 Å². The Hall–Kier alpha value is -4.03. The van der Waals surface area contributed by atoms with E-state index in [0.29, 0.717) is 56.3 Å². The molecule has 36 heavy (non-hydrogen) atoms. The van der Waals surface area contributed by atoms with Crippen molar-refractivity contribution in [2.24, 2.45) is 4.99 Å². The molecule has 2 aromatic heterocycles. The van der Waals surface area contributed by atoms with Gasteiger partial charge in [-0.05, 0) is 36.6 Å². The maximum atomic E-state index is 8.63. The third-order valence-corrected chi connectivity index (χ3v) is 6.32. The fourth-order valence-electron chi connectivity index (χ4n) is 4.36. The van der Waals surface area contributed by atoms with Gasteiger partial charge in [-0.3, -0.25) is 15.3 Å². The Bertz CT molecular complexity index is 1270. The monoisotopic (exact) mass is 482 g/mol. The second kappa shape index (κ2) is 11.1. The van der Waals surface area contributed by atoms with E-state index in [1.54, 1.807) is 23.4 Å². The second-order valence-corrected chi connectivity index (χ2v) is 8.68. The van der Waals surface area contributed by atoms with E-state index in [9.17, 15) is 0 Å². The van der Waals surface area contributed by atoms with Crippen molar-refractivity contribution in [1.29, 1.82) is 5.41 Å². The zero-order valence-electron chi connectivity index (χ0n) is 20.4. The number of nitrogens with one attached hydrogen (secondary N) is 2. The summed E-state index contributed by atoms with van der Waals surface area (Å²) in [6, 6.07) is 2.05. The number of hydrogen-bond donors (Lipinski definition) is 2. The molecule has 2 atom stereocenters. The average molecular weight is 483 g/mol. The number of allylic oxidation sites excluding steroid dienone is 3. The summed E-state index contributed by atoms with van der Waals surface area (Å²) < 4.78 is 5.54. The van der Waals surface area contributed by atoms with Gasteiger partial charge in [0, 0.05) is 55.8 Å². The van der Waals surface area contributed by atoms with Crippen LogP contribution in [0.2, 0.25) is 0 Å². The lowest BCUT2D eigenvalue weighted by molar-refractivity contribution is 0.122. The number of dihydropyridines is 1. The summed E-state index contributed by atoms with van der Waals surface area (Å²) in [6.07, 6.45) is 17.6. The van der Waals surface area contributed by atoms with Crippen LogP contribution in [0.3, 0.4) is 0 Å². The quantitative estimate of drug-likeness (QED) is 0.382. The van der Waals surface area contributed by atoms with Gasteiger partial charge in [-0.2, -0.15) is 15.0 Å².